The molecule has 3 N–H and O–H groups in total. The second-order valence-electron chi connectivity index (χ2n) is 7.22. The molecular weight excluding hydrogens is 248 g/mol. The Balaban J connectivity index is 2.41. The van der Waals surface area contributed by atoms with Crippen molar-refractivity contribution >= 4 is 5.91 Å². The Labute approximate surface area is 125 Å². The van der Waals surface area contributed by atoms with Gasteiger partial charge in [-0.1, -0.05) is 34.1 Å². The molecule has 1 amide bonds. The van der Waals surface area contributed by atoms with Crippen molar-refractivity contribution in [2.24, 2.45) is 29.4 Å². The van der Waals surface area contributed by atoms with Gasteiger partial charge in [0.25, 0.3) is 0 Å². The number of carbonyl (C=O) groups excluding carboxylic acids is 1. The van der Waals surface area contributed by atoms with Crippen molar-refractivity contribution in [3.63, 3.8) is 0 Å². The highest BCUT2D eigenvalue weighted by molar-refractivity contribution is 5.76. The van der Waals surface area contributed by atoms with Gasteiger partial charge in [-0.15, -0.1) is 0 Å². The second-order valence-corrected chi connectivity index (χ2v) is 7.22. The van der Waals surface area contributed by atoms with E-state index in [1.807, 2.05) is 0 Å². The van der Waals surface area contributed by atoms with Gasteiger partial charge in [-0.3, -0.25) is 4.79 Å². The Morgan fingerprint density at radius 1 is 1.25 bits per heavy atom. The average Bonchev–Trinajstić information content (AvgIpc) is 2.36. The standard InChI is InChI=1S/C17H34N2O/c1-12(2)15-7-5-14(4)11-16(15)19-17(20)8-6-13(3)9-10-18/h12-16H,5-11,18H2,1-4H3,(H,19,20). The third kappa shape index (κ3) is 5.82. The monoisotopic (exact) mass is 282 g/mol. The van der Waals surface area contributed by atoms with Crippen LogP contribution in [0.1, 0.15) is 66.2 Å². The molecule has 20 heavy (non-hydrogen) atoms. The maximum absolute atomic E-state index is 12.2. The lowest BCUT2D eigenvalue weighted by Gasteiger charge is -2.37. The van der Waals surface area contributed by atoms with E-state index in [9.17, 15) is 4.79 Å². The van der Waals surface area contributed by atoms with Gasteiger partial charge in [0.15, 0.2) is 0 Å². The molecule has 1 saturated carbocycles. The van der Waals surface area contributed by atoms with E-state index in [-0.39, 0.29) is 5.91 Å². The first-order chi connectivity index (χ1) is 9.43. The van der Waals surface area contributed by atoms with Gasteiger partial charge in [-0.05, 0) is 55.9 Å². The molecule has 4 unspecified atom stereocenters. The van der Waals surface area contributed by atoms with Gasteiger partial charge in [-0.2, -0.15) is 0 Å². The number of hydrogen-bond acceptors (Lipinski definition) is 2. The van der Waals surface area contributed by atoms with E-state index in [0.29, 0.717) is 30.2 Å². The van der Waals surface area contributed by atoms with Crippen LogP contribution in [0.4, 0.5) is 0 Å². The zero-order chi connectivity index (χ0) is 15.1. The SMILES string of the molecule is CC(CCN)CCC(=O)NC1CC(C)CCC1C(C)C. The lowest BCUT2D eigenvalue weighted by Crippen LogP contribution is -2.45. The molecule has 0 saturated heterocycles. The fourth-order valence-corrected chi connectivity index (χ4v) is 3.45. The summed E-state index contributed by atoms with van der Waals surface area (Å²) in [6, 6.07) is 0.385. The van der Waals surface area contributed by atoms with Crippen molar-refractivity contribution in [1.29, 1.82) is 0 Å². The van der Waals surface area contributed by atoms with E-state index in [1.54, 1.807) is 0 Å². The third-order valence-corrected chi connectivity index (χ3v) is 4.89. The predicted molar refractivity (Wildman–Crippen MR) is 85.3 cm³/mol. The maximum Gasteiger partial charge on any atom is 0.220 e. The van der Waals surface area contributed by atoms with Crippen LogP contribution in [-0.2, 0) is 4.79 Å². The zero-order valence-corrected chi connectivity index (χ0v) is 13.8. The van der Waals surface area contributed by atoms with Crippen LogP contribution in [-0.4, -0.2) is 18.5 Å². The normalized spacial score (nSPS) is 28.4. The highest BCUT2D eigenvalue weighted by atomic mass is 16.1. The topological polar surface area (TPSA) is 55.1 Å². The lowest BCUT2D eigenvalue weighted by atomic mass is 9.74. The van der Waals surface area contributed by atoms with Crippen LogP contribution in [0, 0.1) is 23.7 Å². The molecule has 0 radical (unpaired) electrons. The average molecular weight is 282 g/mol. The predicted octanol–water partition coefficient (Wildman–Crippen LogP) is 3.33. The molecule has 1 fully saturated rings. The number of hydrogen-bond donors (Lipinski definition) is 2. The highest BCUT2D eigenvalue weighted by Crippen LogP contribution is 2.33. The number of nitrogens with two attached hydrogens (primary N) is 1. The van der Waals surface area contributed by atoms with E-state index in [1.165, 1.54) is 12.8 Å². The molecule has 3 nitrogen and oxygen atoms in total. The van der Waals surface area contributed by atoms with Crippen molar-refractivity contribution in [3.8, 4) is 0 Å². The van der Waals surface area contributed by atoms with E-state index in [4.69, 9.17) is 5.73 Å². The van der Waals surface area contributed by atoms with Gasteiger partial charge in [0.05, 0.1) is 0 Å². The van der Waals surface area contributed by atoms with Crippen LogP contribution in [0.3, 0.4) is 0 Å². The molecule has 0 heterocycles. The smallest absolute Gasteiger partial charge is 0.220 e. The Kier molecular flexibility index (Phi) is 7.57. The molecule has 0 aromatic carbocycles. The van der Waals surface area contributed by atoms with Crippen molar-refractivity contribution in [1.82, 2.24) is 5.32 Å². The van der Waals surface area contributed by atoms with Gasteiger partial charge < -0.3 is 11.1 Å². The summed E-state index contributed by atoms with van der Waals surface area (Å²) in [7, 11) is 0. The first-order valence-electron chi connectivity index (χ1n) is 8.43. The van der Waals surface area contributed by atoms with Gasteiger partial charge in [0, 0.05) is 12.5 Å². The van der Waals surface area contributed by atoms with Crippen LogP contribution in [0.25, 0.3) is 0 Å². The van der Waals surface area contributed by atoms with Crippen molar-refractivity contribution in [2.45, 2.75) is 72.3 Å². The highest BCUT2D eigenvalue weighted by Gasteiger charge is 2.31. The van der Waals surface area contributed by atoms with Crippen LogP contribution >= 0.6 is 0 Å². The van der Waals surface area contributed by atoms with Gasteiger partial charge in [-0.25, -0.2) is 0 Å². The van der Waals surface area contributed by atoms with Crippen LogP contribution in [0.15, 0.2) is 0 Å². The lowest BCUT2D eigenvalue weighted by molar-refractivity contribution is -0.123. The van der Waals surface area contributed by atoms with Crippen LogP contribution in [0.5, 0.6) is 0 Å². The molecule has 3 heteroatoms. The summed E-state index contributed by atoms with van der Waals surface area (Å²) < 4.78 is 0. The molecule has 0 aromatic heterocycles. The first kappa shape index (κ1) is 17.5. The van der Waals surface area contributed by atoms with Gasteiger partial charge in [0.1, 0.15) is 0 Å². The molecule has 1 aliphatic rings. The Morgan fingerprint density at radius 2 is 1.95 bits per heavy atom. The number of nitrogens with one attached hydrogen (secondary N) is 1. The van der Waals surface area contributed by atoms with Crippen molar-refractivity contribution < 1.29 is 4.79 Å². The molecule has 0 bridgehead atoms. The second kappa shape index (κ2) is 8.66. The summed E-state index contributed by atoms with van der Waals surface area (Å²) in [5.74, 6) is 2.84. The largest absolute Gasteiger partial charge is 0.353 e. The zero-order valence-electron chi connectivity index (χ0n) is 13.8. The van der Waals surface area contributed by atoms with E-state index >= 15 is 0 Å². The summed E-state index contributed by atoms with van der Waals surface area (Å²) >= 11 is 0. The van der Waals surface area contributed by atoms with E-state index < -0.39 is 0 Å². The fourth-order valence-electron chi connectivity index (χ4n) is 3.45. The van der Waals surface area contributed by atoms with E-state index in [2.05, 4.69) is 33.0 Å². The number of carbonyl (C=O) groups is 1. The minimum atomic E-state index is 0.235. The van der Waals surface area contributed by atoms with E-state index in [0.717, 1.165) is 31.7 Å². The third-order valence-electron chi connectivity index (χ3n) is 4.89. The summed E-state index contributed by atoms with van der Waals surface area (Å²) in [6.45, 7) is 9.77. The molecule has 0 aliphatic heterocycles. The molecule has 4 atom stereocenters. The summed E-state index contributed by atoms with van der Waals surface area (Å²) in [5.41, 5.74) is 5.55. The molecule has 1 aliphatic carbocycles. The van der Waals surface area contributed by atoms with Crippen LogP contribution < -0.4 is 11.1 Å². The van der Waals surface area contributed by atoms with Crippen molar-refractivity contribution in [2.75, 3.05) is 6.54 Å². The minimum Gasteiger partial charge on any atom is -0.353 e. The summed E-state index contributed by atoms with van der Waals surface area (Å²) in [4.78, 5) is 12.2. The Bertz CT molecular complexity index is 291. The molecule has 118 valence electrons. The Hall–Kier alpha value is -0.570. The Morgan fingerprint density at radius 3 is 2.55 bits per heavy atom. The molecule has 1 rings (SSSR count). The number of amides is 1. The van der Waals surface area contributed by atoms with Gasteiger partial charge >= 0.3 is 0 Å². The first-order valence-corrected chi connectivity index (χ1v) is 8.43. The maximum atomic E-state index is 12.2. The molecule has 0 spiro atoms. The summed E-state index contributed by atoms with van der Waals surface area (Å²) in [5, 5.41) is 3.31. The van der Waals surface area contributed by atoms with Crippen molar-refractivity contribution in [3.05, 3.63) is 0 Å². The molecule has 0 aromatic rings. The molecular formula is C17H34N2O. The van der Waals surface area contributed by atoms with Gasteiger partial charge in [0.2, 0.25) is 5.91 Å². The fraction of sp³-hybridized carbons (Fsp3) is 0.941. The number of rotatable bonds is 7. The van der Waals surface area contributed by atoms with Crippen LogP contribution in [0.2, 0.25) is 0 Å². The minimum absolute atomic E-state index is 0.235. The quantitative estimate of drug-likeness (QED) is 0.752. The summed E-state index contributed by atoms with van der Waals surface area (Å²) in [6.07, 6.45) is 6.33.